The van der Waals surface area contributed by atoms with Crippen molar-refractivity contribution in [1.29, 1.82) is 5.26 Å². The third-order valence-corrected chi connectivity index (χ3v) is 3.03. The molecule has 1 aromatic carbocycles. The van der Waals surface area contributed by atoms with Gasteiger partial charge in [-0.25, -0.2) is 0 Å². The van der Waals surface area contributed by atoms with E-state index in [-0.39, 0.29) is 6.04 Å². The van der Waals surface area contributed by atoms with Crippen molar-refractivity contribution in [2.75, 3.05) is 13.7 Å². The molecule has 1 saturated heterocycles. The van der Waals surface area contributed by atoms with E-state index in [2.05, 4.69) is 17.0 Å². The molecule has 1 fully saturated rings. The molecule has 0 aromatic heterocycles. The average molecular weight is 216 g/mol. The molecule has 1 atom stereocenters. The summed E-state index contributed by atoms with van der Waals surface area (Å²) in [6, 6.07) is 10.5. The van der Waals surface area contributed by atoms with Gasteiger partial charge in [0.2, 0.25) is 0 Å². The Labute approximate surface area is 96.2 Å². The number of nitriles is 1. The van der Waals surface area contributed by atoms with Crippen LogP contribution < -0.4 is 4.74 Å². The molecule has 16 heavy (non-hydrogen) atoms. The maximum Gasteiger partial charge on any atom is 0.119 e. The van der Waals surface area contributed by atoms with Crippen molar-refractivity contribution in [3.8, 4) is 11.8 Å². The standard InChI is InChI=1S/C13H16N2O/c1-16-13-6-2-4-11(8-13)10-15-7-3-5-12(15)9-14/h2,4,6,8,12H,3,5,7,10H2,1H3. The Hall–Kier alpha value is -1.53. The van der Waals surface area contributed by atoms with Crippen molar-refractivity contribution >= 4 is 0 Å². The number of rotatable bonds is 3. The second-order valence-corrected chi connectivity index (χ2v) is 4.11. The zero-order valence-electron chi connectivity index (χ0n) is 9.52. The number of methoxy groups -OCH3 is 1. The Balaban J connectivity index is 2.06. The monoisotopic (exact) mass is 216 g/mol. The van der Waals surface area contributed by atoms with Crippen molar-refractivity contribution in [2.45, 2.75) is 25.4 Å². The largest absolute Gasteiger partial charge is 0.497 e. The van der Waals surface area contributed by atoms with Gasteiger partial charge in [0, 0.05) is 6.54 Å². The zero-order valence-corrected chi connectivity index (χ0v) is 9.52. The lowest BCUT2D eigenvalue weighted by Gasteiger charge is -2.19. The number of benzene rings is 1. The normalized spacial score (nSPS) is 20.6. The van der Waals surface area contributed by atoms with Crippen molar-refractivity contribution in [1.82, 2.24) is 4.90 Å². The smallest absolute Gasteiger partial charge is 0.119 e. The molecule has 1 aliphatic rings. The lowest BCUT2D eigenvalue weighted by molar-refractivity contribution is 0.286. The maximum absolute atomic E-state index is 9.00. The van der Waals surface area contributed by atoms with Crippen LogP contribution in [0, 0.1) is 11.3 Å². The van der Waals surface area contributed by atoms with Crippen LogP contribution in [-0.4, -0.2) is 24.6 Å². The Kier molecular flexibility index (Phi) is 3.43. The number of hydrogen-bond donors (Lipinski definition) is 0. The van der Waals surface area contributed by atoms with Gasteiger partial charge in [0.15, 0.2) is 0 Å². The highest BCUT2D eigenvalue weighted by Gasteiger charge is 2.23. The summed E-state index contributed by atoms with van der Waals surface area (Å²) in [5.74, 6) is 0.880. The minimum atomic E-state index is 0.0891. The van der Waals surface area contributed by atoms with Crippen LogP contribution in [0.15, 0.2) is 24.3 Å². The Morgan fingerprint density at radius 3 is 3.19 bits per heavy atom. The third-order valence-electron chi connectivity index (χ3n) is 3.03. The number of likely N-dealkylation sites (tertiary alicyclic amines) is 1. The molecular formula is C13H16N2O. The molecule has 0 aliphatic carbocycles. The molecule has 0 radical (unpaired) electrons. The summed E-state index contributed by atoms with van der Waals surface area (Å²) in [7, 11) is 1.67. The van der Waals surface area contributed by atoms with E-state index in [9.17, 15) is 0 Å². The first-order valence-corrected chi connectivity index (χ1v) is 5.60. The Morgan fingerprint density at radius 1 is 1.56 bits per heavy atom. The lowest BCUT2D eigenvalue weighted by Crippen LogP contribution is -2.27. The summed E-state index contributed by atoms with van der Waals surface area (Å²) in [6.07, 6.45) is 2.13. The van der Waals surface area contributed by atoms with Gasteiger partial charge in [-0.15, -0.1) is 0 Å². The highest BCUT2D eigenvalue weighted by Crippen LogP contribution is 2.21. The first-order chi connectivity index (χ1) is 7.83. The fourth-order valence-electron chi connectivity index (χ4n) is 2.17. The molecule has 3 nitrogen and oxygen atoms in total. The fourth-order valence-corrected chi connectivity index (χ4v) is 2.17. The van der Waals surface area contributed by atoms with E-state index >= 15 is 0 Å². The molecule has 1 unspecified atom stereocenters. The summed E-state index contributed by atoms with van der Waals surface area (Å²) in [5.41, 5.74) is 1.21. The molecule has 0 saturated carbocycles. The molecular weight excluding hydrogens is 200 g/mol. The van der Waals surface area contributed by atoms with Gasteiger partial charge in [-0.3, -0.25) is 4.90 Å². The second kappa shape index (κ2) is 5.00. The molecule has 1 aromatic rings. The zero-order chi connectivity index (χ0) is 11.4. The first kappa shape index (κ1) is 11.0. The van der Waals surface area contributed by atoms with E-state index in [4.69, 9.17) is 10.00 Å². The quantitative estimate of drug-likeness (QED) is 0.777. The van der Waals surface area contributed by atoms with Gasteiger partial charge < -0.3 is 4.74 Å². The summed E-state index contributed by atoms with van der Waals surface area (Å²) in [4.78, 5) is 2.23. The lowest BCUT2D eigenvalue weighted by atomic mass is 10.2. The third kappa shape index (κ3) is 2.34. The van der Waals surface area contributed by atoms with E-state index in [1.54, 1.807) is 7.11 Å². The minimum Gasteiger partial charge on any atom is -0.497 e. The second-order valence-electron chi connectivity index (χ2n) is 4.11. The Morgan fingerprint density at radius 2 is 2.44 bits per heavy atom. The van der Waals surface area contributed by atoms with Gasteiger partial charge >= 0.3 is 0 Å². The van der Waals surface area contributed by atoms with Crippen LogP contribution in [0.2, 0.25) is 0 Å². The van der Waals surface area contributed by atoms with Crippen LogP contribution in [0.1, 0.15) is 18.4 Å². The van der Waals surface area contributed by atoms with E-state index in [1.165, 1.54) is 5.56 Å². The molecule has 0 bridgehead atoms. The van der Waals surface area contributed by atoms with Crippen molar-refractivity contribution in [2.24, 2.45) is 0 Å². The van der Waals surface area contributed by atoms with Gasteiger partial charge in [0.25, 0.3) is 0 Å². The molecule has 84 valence electrons. The molecule has 3 heteroatoms. The topological polar surface area (TPSA) is 36.3 Å². The van der Waals surface area contributed by atoms with Crippen molar-refractivity contribution in [3.63, 3.8) is 0 Å². The van der Waals surface area contributed by atoms with Gasteiger partial charge in [0.05, 0.1) is 19.2 Å². The van der Waals surface area contributed by atoms with Gasteiger partial charge in [-0.05, 0) is 37.1 Å². The average Bonchev–Trinajstić information content (AvgIpc) is 2.76. The minimum absolute atomic E-state index is 0.0891. The fraction of sp³-hybridized carbons (Fsp3) is 0.462. The molecule has 2 rings (SSSR count). The number of hydrogen-bond acceptors (Lipinski definition) is 3. The van der Waals surface area contributed by atoms with Crippen LogP contribution in [-0.2, 0) is 6.54 Å². The van der Waals surface area contributed by atoms with Gasteiger partial charge in [-0.2, -0.15) is 5.26 Å². The van der Waals surface area contributed by atoms with Crippen molar-refractivity contribution < 1.29 is 4.74 Å². The van der Waals surface area contributed by atoms with E-state index in [0.717, 1.165) is 31.7 Å². The van der Waals surface area contributed by atoms with Gasteiger partial charge in [0.1, 0.15) is 5.75 Å². The van der Waals surface area contributed by atoms with Crippen molar-refractivity contribution in [3.05, 3.63) is 29.8 Å². The molecule has 0 amide bonds. The summed E-state index contributed by atoms with van der Waals surface area (Å²) < 4.78 is 5.19. The molecule has 0 spiro atoms. The number of ether oxygens (including phenoxy) is 1. The molecule has 1 heterocycles. The number of nitrogens with zero attached hydrogens (tertiary/aromatic N) is 2. The van der Waals surface area contributed by atoms with Crippen LogP contribution in [0.25, 0.3) is 0 Å². The summed E-state index contributed by atoms with van der Waals surface area (Å²) in [5, 5.41) is 9.00. The SMILES string of the molecule is COc1cccc(CN2CCCC2C#N)c1. The van der Waals surface area contributed by atoms with Crippen LogP contribution >= 0.6 is 0 Å². The summed E-state index contributed by atoms with van der Waals surface area (Å²) >= 11 is 0. The van der Waals surface area contributed by atoms with E-state index < -0.39 is 0 Å². The van der Waals surface area contributed by atoms with Crippen LogP contribution in [0.5, 0.6) is 5.75 Å². The predicted octanol–water partition coefficient (Wildman–Crippen LogP) is 2.18. The molecule has 0 N–H and O–H groups in total. The molecule has 1 aliphatic heterocycles. The highest BCUT2D eigenvalue weighted by molar-refractivity contribution is 5.28. The van der Waals surface area contributed by atoms with Crippen LogP contribution in [0.3, 0.4) is 0 Å². The van der Waals surface area contributed by atoms with E-state index in [1.807, 2.05) is 18.2 Å². The summed E-state index contributed by atoms with van der Waals surface area (Å²) in [6.45, 7) is 1.87. The first-order valence-electron chi connectivity index (χ1n) is 5.60. The maximum atomic E-state index is 9.00. The Bertz CT molecular complexity index is 397. The van der Waals surface area contributed by atoms with E-state index in [0.29, 0.717) is 0 Å². The van der Waals surface area contributed by atoms with Crippen LogP contribution in [0.4, 0.5) is 0 Å². The highest BCUT2D eigenvalue weighted by atomic mass is 16.5. The predicted molar refractivity (Wildman–Crippen MR) is 62.0 cm³/mol. The van der Waals surface area contributed by atoms with Gasteiger partial charge in [-0.1, -0.05) is 12.1 Å².